The largest absolute Gasteiger partial charge is 0.424 e. The fraction of sp³-hybridized carbons (Fsp3) is 0.160. The van der Waals surface area contributed by atoms with Gasteiger partial charge in [0.25, 0.3) is 0 Å². The molecule has 4 aromatic rings. The van der Waals surface area contributed by atoms with Gasteiger partial charge in [-0.1, -0.05) is 0 Å². The van der Waals surface area contributed by atoms with Crippen LogP contribution in [0.25, 0.3) is 11.3 Å². The van der Waals surface area contributed by atoms with E-state index in [-0.39, 0.29) is 36.0 Å². The lowest BCUT2D eigenvalue weighted by Gasteiger charge is -2.27. The SMILES string of the molecule is Cn1cc(-c2ccnc(Oc3ccc(F)c(N(C(=O)C4(C(N)=O)CC4)c4ccc(F)cc4)c3)n2)cn1. The lowest BCUT2D eigenvalue weighted by molar-refractivity contribution is -0.133. The van der Waals surface area contributed by atoms with Crippen LogP contribution in [0.4, 0.5) is 20.2 Å². The molecule has 1 fully saturated rings. The van der Waals surface area contributed by atoms with Crippen LogP contribution in [0, 0.1) is 17.0 Å². The number of carbonyl (C=O) groups is 2. The first kappa shape index (κ1) is 23.1. The van der Waals surface area contributed by atoms with Crippen molar-refractivity contribution in [2.75, 3.05) is 4.90 Å². The van der Waals surface area contributed by atoms with E-state index in [2.05, 4.69) is 15.1 Å². The van der Waals surface area contributed by atoms with Gasteiger partial charge >= 0.3 is 6.01 Å². The molecular formula is C25H20F2N6O3. The van der Waals surface area contributed by atoms with Gasteiger partial charge in [0.05, 0.1) is 17.6 Å². The average molecular weight is 490 g/mol. The van der Waals surface area contributed by atoms with Crippen molar-refractivity contribution >= 4 is 23.2 Å². The molecule has 2 amide bonds. The molecule has 1 aliphatic rings. The highest BCUT2D eigenvalue weighted by Crippen LogP contribution is 2.49. The summed E-state index contributed by atoms with van der Waals surface area (Å²) in [5.74, 6) is -2.66. The summed E-state index contributed by atoms with van der Waals surface area (Å²) in [6.45, 7) is 0. The van der Waals surface area contributed by atoms with Crippen LogP contribution < -0.4 is 15.4 Å². The monoisotopic (exact) mass is 490 g/mol. The number of nitrogens with two attached hydrogens (primary N) is 1. The summed E-state index contributed by atoms with van der Waals surface area (Å²) in [6.07, 6.45) is 5.41. The van der Waals surface area contributed by atoms with Crippen molar-refractivity contribution in [2.45, 2.75) is 12.8 Å². The van der Waals surface area contributed by atoms with Crippen molar-refractivity contribution in [3.05, 3.63) is 78.8 Å². The van der Waals surface area contributed by atoms with Gasteiger partial charge in [-0.2, -0.15) is 10.1 Å². The van der Waals surface area contributed by atoms with Crippen molar-refractivity contribution in [1.82, 2.24) is 19.7 Å². The van der Waals surface area contributed by atoms with Crippen LogP contribution in [0.3, 0.4) is 0 Å². The number of halogens is 2. The second-order valence-corrected chi connectivity index (χ2v) is 8.41. The highest BCUT2D eigenvalue weighted by Gasteiger charge is 2.57. The van der Waals surface area contributed by atoms with Crippen LogP contribution in [0.5, 0.6) is 11.8 Å². The van der Waals surface area contributed by atoms with E-state index in [1.807, 2.05) is 0 Å². The normalized spacial score (nSPS) is 13.8. The smallest absolute Gasteiger partial charge is 0.322 e. The first-order valence-electron chi connectivity index (χ1n) is 11.0. The van der Waals surface area contributed by atoms with Crippen LogP contribution in [-0.2, 0) is 16.6 Å². The molecule has 2 aromatic carbocycles. The number of anilines is 2. The number of benzene rings is 2. The lowest BCUT2D eigenvalue weighted by Crippen LogP contribution is -2.41. The Hall–Kier alpha value is -4.67. The standard InChI is InChI=1S/C25H20F2N6O3/c1-32-14-15(13-30-32)20-8-11-29-24(31-20)36-18-6-7-19(27)21(12-18)33(17-4-2-16(26)3-5-17)23(35)25(9-10-25)22(28)34/h2-8,11-14H,9-10H2,1H3,(H2,28,34). The van der Waals surface area contributed by atoms with Gasteiger partial charge in [-0.25, -0.2) is 13.8 Å². The molecule has 182 valence electrons. The van der Waals surface area contributed by atoms with E-state index >= 15 is 4.39 Å². The van der Waals surface area contributed by atoms with Gasteiger partial charge < -0.3 is 10.5 Å². The molecule has 2 heterocycles. The number of hydrogen-bond donors (Lipinski definition) is 1. The summed E-state index contributed by atoms with van der Waals surface area (Å²) >= 11 is 0. The van der Waals surface area contributed by atoms with Crippen LogP contribution in [0.15, 0.2) is 67.1 Å². The summed E-state index contributed by atoms with van der Waals surface area (Å²) in [4.78, 5) is 35.0. The van der Waals surface area contributed by atoms with Gasteiger partial charge in [-0.05, 0) is 55.3 Å². The minimum atomic E-state index is -1.45. The Bertz CT molecular complexity index is 1470. The van der Waals surface area contributed by atoms with Gasteiger partial charge in [0, 0.05) is 36.8 Å². The minimum absolute atomic E-state index is 0.00984. The maximum Gasteiger partial charge on any atom is 0.322 e. The fourth-order valence-electron chi connectivity index (χ4n) is 3.80. The van der Waals surface area contributed by atoms with E-state index in [0.717, 1.165) is 28.7 Å². The molecule has 36 heavy (non-hydrogen) atoms. The fourth-order valence-corrected chi connectivity index (χ4v) is 3.80. The van der Waals surface area contributed by atoms with Crippen LogP contribution >= 0.6 is 0 Å². The molecule has 0 radical (unpaired) electrons. The molecule has 1 saturated carbocycles. The van der Waals surface area contributed by atoms with Gasteiger partial charge in [-0.3, -0.25) is 19.2 Å². The Balaban J connectivity index is 1.52. The Morgan fingerprint density at radius 1 is 1.11 bits per heavy atom. The zero-order chi connectivity index (χ0) is 25.4. The maximum atomic E-state index is 15.1. The van der Waals surface area contributed by atoms with E-state index in [1.165, 1.54) is 30.5 Å². The molecule has 1 aliphatic carbocycles. The zero-order valence-electron chi connectivity index (χ0n) is 19.1. The van der Waals surface area contributed by atoms with E-state index in [0.29, 0.717) is 5.69 Å². The Labute approximate surface area is 204 Å². The molecule has 0 bridgehead atoms. The molecule has 0 aliphatic heterocycles. The predicted molar refractivity (Wildman–Crippen MR) is 125 cm³/mol. The number of primary amides is 1. The molecule has 0 saturated heterocycles. The quantitative estimate of drug-likeness (QED) is 0.393. The molecule has 5 rings (SSSR count). The van der Waals surface area contributed by atoms with Gasteiger partial charge in [0.15, 0.2) is 0 Å². The molecule has 9 nitrogen and oxygen atoms in total. The first-order chi connectivity index (χ1) is 17.3. The van der Waals surface area contributed by atoms with Crippen LogP contribution in [-0.4, -0.2) is 31.6 Å². The van der Waals surface area contributed by atoms with E-state index < -0.39 is 28.9 Å². The summed E-state index contributed by atoms with van der Waals surface area (Å²) in [5, 5.41) is 4.12. The topological polar surface area (TPSA) is 116 Å². The van der Waals surface area contributed by atoms with Crippen molar-refractivity contribution in [2.24, 2.45) is 18.2 Å². The number of carbonyl (C=O) groups excluding carboxylic acids is 2. The molecule has 2 aromatic heterocycles. The highest BCUT2D eigenvalue weighted by atomic mass is 19.1. The summed E-state index contributed by atoms with van der Waals surface area (Å²) < 4.78 is 36.1. The Kier molecular flexibility index (Phi) is 5.67. The van der Waals surface area contributed by atoms with Crippen molar-refractivity contribution < 1.29 is 23.1 Å². The number of ether oxygens (including phenoxy) is 1. The molecule has 0 atom stereocenters. The number of rotatable bonds is 7. The van der Waals surface area contributed by atoms with Gasteiger partial charge in [0.1, 0.15) is 22.8 Å². The second-order valence-electron chi connectivity index (χ2n) is 8.41. The first-order valence-corrected chi connectivity index (χ1v) is 11.0. The average Bonchev–Trinajstić information content (AvgIpc) is 3.57. The number of aryl methyl sites for hydroxylation is 1. The summed E-state index contributed by atoms with van der Waals surface area (Å²) in [7, 11) is 1.78. The minimum Gasteiger partial charge on any atom is -0.424 e. The number of hydrogen-bond acceptors (Lipinski definition) is 6. The number of nitrogens with zero attached hydrogens (tertiary/aromatic N) is 5. The van der Waals surface area contributed by atoms with Crippen molar-refractivity contribution in [3.8, 4) is 23.0 Å². The van der Waals surface area contributed by atoms with E-state index in [4.69, 9.17) is 10.5 Å². The number of aromatic nitrogens is 4. The van der Waals surface area contributed by atoms with E-state index in [9.17, 15) is 14.0 Å². The van der Waals surface area contributed by atoms with Gasteiger partial charge in [0.2, 0.25) is 11.8 Å². The lowest BCUT2D eigenvalue weighted by atomic mass is 10.0. The Morgan fingerprint density at radius 3 is 2.50 bits per heavy atom. The Morgan fingerprint density at radius 2 is 1.86 bits per heavy atom. The summed E-state index contributed by atoms with van der Waals surface area (Å²) in [6, 6.07) is 10.3. The van der Waals surface area contributed by atoms with Crippen molar-refractivity contribution in [3.63, 3.8) is 0 Å². The molecule has 0 unspecified atom stereocenters. The van der Waals surface area contributed by atoms with Crippen molar-refractivity contribution in [1.29, 1.82) is 0 Å². The van der Waals surface area contributed by atoms with Crippen LogP contribution in [0.1, 0.15) is 12.8 Å². The van der Waals surface area contributed by atoms with Gasteiger partial charge in [-0.15, -0.1) is 0 Å². The third-order valence-electron chi connectivity index (χ3n) is 5.92. The molecule has 2 N–H and O–H groups in total. The third-order valence-corrected chi connectivity index (χ3v) is 5.92. The summed E-state index contributed by atoms with van der Waals surface area (Å²) in [5.41, 5.74) is 5.34. The molecule has 11 heteroatoms. The third kappa shape index (κ3) is 4.26. The number of amides is 2. The zero-order valence-corrected chi connectivity index (χ0v) is 19.1. The van der Waals surface area contributed by atoms with E-state index in [1.54, 1.807) is 30.2 Å². The highest BCUT2D eigenvalue weighted by molar-refractivity contribution is 6.16. The molecular weight excluding hydrogens is 470 g/mol. The maximum absolute atomic E-state index is 15.1. The second kappa shape index (κ2) is 8.84. The molecule has 0 spiro atoms. The predicted octanol–water partition coefficient (Wildman–Crippen LogP) is 3.88. The van der Waals surface area contributed by atoms with Crippen LogP contribution in [0.2, 0.25) is 0 Å².